The summed E-state index contributed by atoms with van der Waals surface area (Å²) in [6, 6.07) is 0.398. The summed E-state index contributed by atoms with van der Waals surface area (Å²) in [6.07, 6.45) is 7.69. The van der Waals surface area contributed by atoms with Crippen LogP contribution in [0.5, 0.6) is 0 Å². The summed E-state index contributed by atoms with van der Waals surface area (Å²) in [5.41, 5.74) is 6.01. The molecule has 2 N–H and O–H groups in total. The van der Waals surface area contributed by atoms with E-state index in [4.69, 9.17) is 10.5 Å². The average Bonchev–Trinajstić information content (AvgIpc) is 2.15. The molecular formula is C11H23NO. The van der Waals surface area contributed by atoms with Crippen LogP contribution in [-0.2, 0) is 4.74 Å². The Bertz CT molecular complexity index is 127. The molecule has 0 spiro atoms. The van der Waals surface area contributed by atoms with Crippen LogP contribution in [0.1, 0.15) is 45.4 Å². The maximum atomic E-state index is 6.01. The Labute approximate surface area is 81.8 Å². The normalized spacial score (nSPS) is 29.1. The topological polar surface area (TPSA) is 35.2 Å². The van der Waals surface area contributed by atoms with Crippen molar-refractivity contribution in [3.05, 3.63) is 0 Å². The highest BCUT2D eigenvalue weighted by Crippen LogP contribution is 2.19. The molecule has 13 heavy (non-hydrogen) atoms. The number of hydrogen-bond acceptors (Lipinski definition) is 2. The second-order valence-corrected chi connectivity index (χ2v) is 4.14. The number of rotatable bonds is 5. The third kappa shape index (κ3) is 4.10. The zero-order valence-corrected chi connectivity index (χ0v) is 8.80. The second-order valence-electron chi connectivity index (χ2n) is 4.14. The lowest BCUT2D eigenvalue weighted by Crippen LogP contribution is -2.38. The van der Waals surface area contributed by atoms with Gasteiger partial charge in [-0.25, -0.2) is 0 Å². The van der Waals surface area contributed by atoms with Crippen LogP contribution in [0.4, 0.5) is 0 Å². The molecule has 2 atom stereocenters. The molecule has 0 saturated carbocycles. The van der Waals surface area contributed by atoms with Crippen molar-refractivity contribution in [3.8, 4) is 0 Å². The Kier molecular flexibility index (Phi) is 5.40. The number of ether oxygens (including phenoxy) is 1. The van der Waals surface area contributed by atoms with Gasteiger partial charge in [0, 0.05) is 12.6 Å². The highest BCUT2D eigenvalue weighted by molar-refractivity contribution is 4.76. The molecule has 1 heterocycles. The van der Waals surface area contributed by atoms with Gasteiger partial charge in [0.25, 0.3) is 0 Å². The first-order valence-electron chi connectivity index (χ1n) is 5.68. The molecule has 0 amide bonds. The third-order valence-corrected chi connectivity index (χ3v) is 2.96. The fourth-order valence-electron chi connectivity index (χ4n) is 1.94. The summed E-state index contributed by atoms with van der Waals surface area (Å²) in [6.45, 7) is 4.01. The van der Waals surface area contributed by atoms with E-state index in [1.807, 2.05) is 0 Å². The van der Waals surface area contributed by atoms with Crippen molar-refractivity contribution >= 4 is 0 Å². The first-order chi connectivity index (χ1) is 6.34. The van der Waals surface area contributed by atoms with Crippen LogP contribution in [0.3, 0.4) is 0 Å². The van der Waals surface area contributed by atoms with E-state index in [1.165, 1.54) is 32.1 Å². The summed E-state index contributed by atoms with van der Waals surface area (Å²) < 4.78 is 5.43. The van der Waals surface area contributed by atoms with Crippen LogP contribution in [0, 0.1) is 5.92 Å². The third-order valence-electron chi connectivity index (χ3n) is 2.96. The standard InChI is InChI=1S/C11H23NO/c1-2-3-4-5-6-10-9-13-8-7-11(10)12/h10-11H,2-9,12H2,1H3. The zero-order chi connectivity index (χ0) is 9.52. The van der Waals surface area contributed by atoms with E-state index in [0.29, 0.717) is 12.0 Å². The van der Waals surface area contributed by atoms with E-state index < -0.39 is 0 Å². The van der Waals surface area contributed by atoms with E-state index in [1.54, 1.807) is 0 Å². The van der Waals surface area contributed by atoms with E-state index in [-0.39, 0.29) is 0 Å². The van der Waals surface area contributed by atoms with Gasteiger partial charge in [0.15, 0.2) is 0 Å². The molecule has 0 radical (unpaired) electrons. The van der Waals surface area contributed by atoms with Crippen LogP contribution in [0.25, 0.3) is 0 Å². The number of nitrogens with two attached hydrogens (primary N) is 1. The van der Waals surface area contributed by atoms with Crippen molar-refractivity contribution < 1.29 is 4.74 Å². The first kappa shape index (κ1) is 11.0. The van der Waals surface area contributed by atoms with Crippen LogP contribution < -0.4 is 5.73 Å². The van der Waals surface area contributed by atoms with Gasteiger partial charge in [-0.2, -0.15) is 0 Å². The minimum absolute atomic E-state index is 0.398. The Morgan fingerprint density at radius 1 is 1.31 bits per heavy atom. The average molecular weight is 185 g/mol. The summed E-state index contributed by atoms with van der Waals surface area (Å²) in [4.78, 5) is 0. The molecule has 0 aromatic carbocycles. The molecule has 2 heteroatoms. The Balaban J connectivity index is 2.05. The predicted molar refractivity (Wildman–Crippen MR) is 55.7 cm³/mol. The maximum absolute atomic E-state index is 6.01. The smallest absolute Gasteiger partial charge is 0.0509 e. The summed E-state index contributed by atoms with van der Waals surface area (Å²) in [5.74, 6) is 0.630. The minimum Gasteiger partial charge on any atom is -0.381 e. The highest BCUT2D eigenvalue weighted by Gasteiger charge is 2.21. The molecule has 2 nitrogen and oxygen atoms in total. The maximum Gasteiger partial charge on any atom is 0.0509 e. The number of hydrogen-bond donors (Lipinski definition) is 1. The van der Waals surface area contributed by atoms with Gasteiger partial charge in [-0.15, -0.1) is 0 Å². The van der Waals surface area contributed by atoms with Crippen molar-refractivity contribution in [3.63, 3.8) is 0 Å². The van der Waals surface area contributed by atoms with Crippen LogP contribution in [0.15, 0.2) is 0 Å². The molecule has 2 unspecified atom stereocenters. The molecule has 78 valence electrons. The van der Waals surface area contributed by atoms with Gasteiger partial charge in [-0.3, -0.25) is 0 Å². The molecular weight excluding hydrogens is 162 g/mol. The minimum atomic E-state index is 0.398. The first-order valence-corrected chi connectivity index (χ1v) is 5.68. The molecule has 0 bridgehead atoms. The van der Waals surface area contributed by atoms with Crippen molar-refractivity contribution in [1.82, 2.24) is 0 Å². The van der Waals surface area contributed by atoms with Gasteiger partial charge in [0.1, 0.15) is 0 Å². The zero-order valence-electron chi connectivity index (χ0n) is 8.80. The second kappa shape index (κ2) is 6.39. The SMILES string of the molecule is CCCCCCC1COCCC1N. The summed E-state index contributed by atoms with van der Waals surface area (Å²) in [7, 11) is 0. The van der Waals surface area contributed by atoms with Gasteiger partial charge < -0.3 is 10.5 Å². The Morgan fingerprint density at radius 2 is 2.15 bits per heavy atom. The lowest BCUT2D eigenvalue weighted by molar-refractivity contribution is 0.0378. The van der Waals surface area contributed by atoms with Gasteiger partial charge in [0.05, 0.1) is 6.61 Å². The monoisotopic (exact) mass is 185 g/mol. The van der Waals surface area contributed by atoms with E-state index in [2.05, 4.69) is 6.92 Å². The van der Waals surface area contributed by atoms with Gasteiger partial charge in [0.2, 0.25) is 0 Å². The molecule has 1 saturated heterocycles. The molecule has 1 aliphatic rings. The summed E-state index contributed by atoms with van der Waals surface area (Å²) in [5, 5.41) is 0. The Hall–Kier alpha value is -0.0800. The number of unbranched alkanes of at least 4 members (excludes halogenated alkanes) is 3. The van der Waals surface area contributed by atoms with Gasteiger partial charge in [-0.05, 0) is 18.8 Å². The van der Waals surface area contributed by atoms with E-state index >= 15 is 0 Å². The highest BCUT2D eigenvalue weighted by atomic mass is 16.5. The lowest BCUT2D eigenvalue weighted by atomic mass is 9.91. The van der Waals surface area contributed by atoms with E-state index in [0.717, 1.165) is 19.6 Å². The Morgan fingerprint density at radius 3 is 2.85 bits per heavy atom. The molecule has 1 rings (SSSR count). The van der Waals surface area contributed by atoms with Crippen LogP contribution >= 0.6 is 0 Å². The molecule has 0 aliphatic carbocycles. The van der Waals surface area contributed by atoms with Gasteiger partial charge in [-0.1, -0.05) is 32.6 Å². The fraction of sp³-hybridized carbons (Fsp3) is 1.00. The predicted octanol–water partition coefficient (Wildman–Crippen LogP) is 2.32. The largest absolute Gasteiger partial charge is 0.381 e. The van der Waals surface area contributed by atoms with Gasteiger partial charge >= 0.3 is 0 Å². The molecule has 0 aromatic heterocycles. The van der Waals surface area contributed by atoms with Crippen molar-refractivity contribution in [2.24, 2.45) is 11.7 Å². The van der Waals surface area contributed by atoms with Crippen molar-refractivity contribution in [2.45, 2.75) is 51.5 Å². The molecule has 1 aliphatic heterocycles. The molecule has 1 fully saturated rings. The summed E-state index contributed by atoms with van der Waals surface area (Å²) >= 11 is 0. The van der Waals surface area contributed by atoms with E-state index in [9.17, 15) is 0 Å². The van der Waals surface area contributed by atoms with Crippen LogP contribution in [0.2, 0.25) is 0 Å². The fourth-order valence-corrected chi connectivity index (χ4v) is 1.94. The quantitative estimate of drug-likeness (QED) is 0.667. The van der Waals surface area contributed by atoms with Crippen molar-refractivity contribution in [2.75, 3.05) is 13.2 Å². The lowest BCUT2D eigenvalue weighted by Gasteiger charge is -2.28. The van der Waals surface area contributed by atoms with Crippen molar-refractivity contribution in [1.29, 1.82) is 0 Å². The molecule has 0 aromatic rings. The van der Waals surface area contributed by atoms with Crippen LogP contribution in [-0.4, -0.2) is 19.3 Å².